The fraction of sp³-hybridized carbons (Fsp3) is 0.583. The third-order valence-corrected chi connectivity index (χ3v) is 4.53. The first kappa shape index (κ1) is 11.8. The molecule has 1 N–H and O–H groups in total. The molecule has 0 aromatic carbocycles. The van der Waals surface area contributed by atoms with E-state index in [0.717, 1.165) is 35.8 Å². The van der Waals surface area contributed by atoms with Gasteiger partial charge in [0.1, 0.15) is 5.82 Å². The maximum absolute atomic E-state index is 5.94. The molecule has 0 bridgehead atoms. The van der Waals surface area contributed by atoms with Crippen LogP contribution in [0.25, 0.3) is 0 Å². The smallest absolute Gasteiger partial charge is 0.143 e. The molecule has 2 unspecified atom stereocenters. The molecule has 0 amide bonds. The van der Waals surface area contributed by atoms with Gasteiger partial charge in [-0.1, -0.05) is 11.6 Å². The molecule has 2 aliphatic rings. The Balaban J connectivity index is 1.91. The van der Waals surface area contributed by atoms with E-state index in [1.54, 1.807) is 6.20 Å². The number of hydrogen-bond acceptors (Lipinski definition) is 3. The van der Waals surface area contributed by atoms with Gasteiger partial charge >= 0.3 is 0 Å². The predicted octanol–water partition coefficient (Wildman–Crippen LogP) is 2.69. The van der Waals surface area contributed by atoms with E-state index < -0.39 is 0 Å². The van der Waals surface area contributed by atoms with Crippen LogP contribution in [0.15, 0.2) is 16.7 Å². The van der Waals surface area contributed by atoms with E-state index in [2.05, 4.69) is 31.1 Å². The van der Waals surface area contributed by atoms with Gasteiger partial charge in [-0.15, -0.1) is 0 Å². The number of piperidine rings is 1. The molecule has 5 heteroatoms. The highest BCUT2D eigenvalue weighted by Gasteiger charge is 2.36. The van der Waals surface area contributed by atoms with E-state index >= 15 is 0 Å². The summed E-state index contributed by atoms with van der Waals surface area (Å²) in [6.07, 6.45) is 4.31. The Morgan fingerprint density at radius 1 is 1.47 bits per heavy atom. The molecule has 0 spiro atoms. The summed E-state index contributed by atoms with van der Waals surface area (Å²) in [5.74, 6) is 1.81. The van der Waals surface area contributed by atoms with Crippen molar-refractivity contribution in [2.24, 2.45) is 5.92 Å². The molecule has 2 aliphatic heterocycles. The average molecular weight is 317 g/mol. The fourth-order valence-electron chi connectivity index (χ4n) is 2.95. The van der Waals surface area contributed by atoms with Crippen LogP contribution in [0.4, 0.5) is 5.82 Å². The number of anilines is 1. The van der Waals surface area contributed by atoms with Crippen molar-refractivity contribution in [3.63, 3.8) is 0 Å². The number of aromatic nitrogens is 1. The van der Waals surface area contributed by atoms with Gasteiger partial charge in [0.05, 0.1) is 9.50 Å². The summed E-state index contributed by atoms with van der Waals surface area (Å²) in [5.41, 5.74) is 0. The van der Waals surface area contributed by atoms with Crippen LogP contribution in [-0.2, 0) is 0 Å². The lowest BCUT2D eigenvalue weighted by atomic mass is 9.92. The molecule has 0 saturated carbocycles. The number of fused-ring (bicyclic) bond motifs is 1. The summed E-state index contributed by atoms with van der Waals surface area (Å²) < 4.78 is 0.998. The Morgan fingerprint density at radius 3 is 3.18 bits per heavy atom. The maximum atomic E-state index is 5.94. The predicted molar refractivity (Wildman–Crippen MR) is 73.7 cm³/mol. The van der Waals surface area contributed by atoms with Crippen LogP contribution in [0.3, 0.4) is 0 Å². The summed E-state index contributed by atoms with van der Waals surface area (Å²) >= 11 is 9.51. The molecule has 0 aliphatic carbocycles. The van der Waals surface area contributed by atoms with E-state index in [-0.39, 0.29) is 0 Å². The second-order valence-electron chi connectivity index (χ2n) is 4.78. The minimum atomic E-state index is 0.591. The SMILES string of the molecule is Clc1cnc(N2CCCC3CNCC32)c(Br)c1. The Bertz CT molecular complexity index is 426. The summed E-state index contributed by atoms with van der Waals surface area (Å²) in [4.78, 5) is 6.91. The fourth-order valence-corrected chi connectivity index (χ4v) is 3.82. The number of nitrogens with one attached hydrogen (secondary N) is 1. The number of pyridine rings is 1. The van der Waals surface area contributed by atoms with Gasteiger partial charge in [-0.05, 0) is 40.8 Å². The molecule has 0 radical (unpaired) electrons. The molecule has 2 fully saturated rings. The van der Waals surface area contributed by atoms with Crippen molar-refractivity contribution >= 4 is 33.3 Å². The van der Waals surface area contributed by atoms with Gasteiger partial charge in [0.25, 0.3) is 0 Å². The van der Waals surface area contributed by atoms with Gasteiger partial charge in [0.15, 0.2) is 0 Å². The zero-order chi connectivity index (χ0) is 11.8. The average Bonchev–Trinajstić information content (AvgIpc) is 2.77. The van der Waals surface area contributed by atoms with Crippen molar-refractivity contribution in [1.82, 2.24) is 10.3 Å². The van der Waals surface area contributed by atoms with Crippen LogP contribution in [0.2, 0.25) is 5.02 Å². The standard InChI is InChI=1S/C12H15BrClN3/c13-10-4-9(14)6-16-12(10)17-3-1-2-8-5-15-7-11(8)17/h4,6,8,11,15H,1-3,5,7H2. The Labute approximate surface area is 115 Å². The van der Waals surface area contributed by atoms with Gasteiger partial charge in [-0.25, -0.2) is 4.98 Å². The minimum Gasteiger partial charge on any atom is -0.351 e. The molecule has 1 aromatic rings. The molecule has 92 valence electrons. The van der Waals surface area contributed by atoms with Gasteiger partial charge in [-0.3, -0.25) is 0 Å². The number of nitrogens with zero attached hydrogens (tertiary/aromatic N) is 2. The van der Waals surface area contributed by atoms with Crippen LogP contribution in [0.1, 0.15) is 12.8 Å². The van der Waals surface area contributed by atoms with Crippen LogP contribution < -0.4 is 10.2 Å². The lowest BCUT2D eigenvalue weighted by molar-refractivity contribution is 0.383. The Hall–Kier alpha value is -0.320. The Morgan fingerprint density at radius 2 is 2.35 bits per heavy atom. The molecule has 2 atom stereocenters. The largest absolute Gasteiger partial charge is 0.351 e. The molecule has 17 heavy (non-hydrogen) atoms. The summed E-state index contributed by atoms with van der Waals surface area (Å²) in [5, 5.41) is 4.16. The van der Waals surface area contributed by atoms with Gasteiger partial charge < -0.3 is 10.2 Å². The van der Waals surface area contributed by atoms with E-state index in [9.17, 15) is 0 Å². The number of halogens is 2. The maximum Gasteiger partial charge on any atom is 0.143 e. The summed E-state index contributed by atoms with van der Waals surface area (Å²) in [6, 6.07) is 2.52. The van der Waals surface area contributed by atoms with Crippen molar-refractivity contribution in [2.45, 2.75) is 18.9 Å². The first-order valence-electron chi connectivity index (χ1n) is 6.04. The molecule has 3 heterocycles. The van der Waals surface area contributed by atoms with Gasteiger partial charge in [0.2, 0.25) is 0 Å². The summed E-state index contributed by atoms with van der Waals surface area (Å²) in [6.45, 7) is 3.31. The molecule has 3 rings (SSSR count). The van der Waals surface area contributed by atoms with E-state index in [0.29, 0.717) is 11.1 Å². The second kappa shape index (κ2) is 4.75. The Kier molecular flexibility index (Phi) is 3.28. The molecule has 2 saturated heterocycles. The molecular weight excluding hydrogens is 302 g/mol. The van der Waals surface area contributed by atoms with Gasteiger partial charge in [-0.2, -0.15) is 0 Å². The topological polar surface area (TPSA) is 28.2 Å². The quantitative estimate of drug-likeness (QED) is 0.863. The third-order valence-electron chi connectivity index (χ3n) is 3.74. The normalized spacial score (nSPS) is 28.2. The summed E-state index contributed by atoms with van der Waals surface area (Å²) in [7, 11) is 0. The van der Waals surface area contributed by atoms with Crippen LogP contribution in [0.5, 0.6) is 0 Å². The zero-order valence-electron chi connectivity index (χ0n) is 9.50. The van der Waals surface area contributed by atoms with Crippen molar-refractivity contribution < 1.29 is 0 Å². The van der Waals surface area contributed by atoms with E-state index in [1.165, 1.54) is 12.8 Å². The lowest BCUT2D eigenvalue weighted by Gasteiger charge is -2.38. The van der Waals surface area contributed by atoms with Crippen molar-refractivity contribution in [2.75, 3.05) is 24.5 Å². The first-order valence-corrected chi connectivity index (χ1v) is 7.21. The van der Waals surface area contributed by atoms with E-state index in [4.69, 9.17) is 11.6 Å². The number of rotatable bonds is 1. The van der Waals surface area contributed by atoms with Crippen LogP contribution in [0, 0.1) is 5.92 Å². The van der Waals surface area contributed by atoms with Crippen molar-refractivity contribution in [3.8, 4) is 0 Å². The monoisotopic (exact) mass is 315 g/mol. The van der Waals surface area contributed by atoms with Gasteiger partial charge in [0, 0.05) is 31.9 Å². The molecular formula is C12H15BrClN3. The highest BCUT2D eigenvalue weighted by molar-refractivity contribution is 9.10. The highest BCUT2D eigenvalue weighted by Crippen LogP contribution is 2.34. The van der Waals surface area contributed by atoms with E-state index in [1.807, 2.05) is 6.07 Å². The molecule has 3 nitrogen and oxygen atoms in total. The van der Waals surface area contributed by atoms with Crippen LogP contribution >= 0.6 is 27.5 Å². The van der Waals surface area contributed by atoms with Crippen molar-refractivity contribution in [1.29, 1.82) is 0 Å². The molecule has 1 aromatic heterocycles. The van der Waals surface area contributed by atoms with Crippen LogP contribution in [-0.4, -0.2) is 30.7 Å². The second-order valence-corrected chi connectivity index (χ2v) is 6.07. The number of hydrogen-bond donors (Lipinski definition) is 1. The highest BCUT2D eigenvalue weighted by atomic mass is 79.9. The van der Waals surface area contributed by atoms with Crippen molar-refractivity contribution in [3.05, 3.63) is 21.8 Å². The zero-order valence-corrected chi connectivity index (χ0v) is 11.8. The first-order chi connectivity index (χ1) is 8.25. The minimum absolute atomic E-state index is 0.591. The lowest BCUT2D eigenvalue weighted by Crippen LogP contribution is -2.45. The third kappa shape index (κ3) is 2.18.